The van der Waals surface area contributed by atoms with Gasteiger partial charge in [0, 0.05) is 14.1 Å². The number of para-hydroxylation sites is 3. The molecular formula is C22H20ClN5O3. The number of ether oxygens (including phenoxy) is 1. The first kappa shape index (κ1) is 20.6. The minimum atomic E-state index is -0.566. The molecule has 0 aliphatic heterocycles. The monoisotopic (exact) mass is 437 g/mol. The molecule has 4 aromatic rings. The van der Waals surface area contributed by atoms with Crippen LogP contribution in [0.4, 0.5) is 5.69 Å². The molecule has 158 valence electrons. The van der Waals surface area contributed by atoms with Gasteiger partial charge in [-0.1, -0.05) is 35.9 Å². The smallest absolute Gasteiger partial charge is 0.340 e. The van der Waals surface area contributed by atoms with Crippen molar-refractivity contribution in [2.75, 3.05) is 19.1 Å². The van der Waals surface area contributed by atoms with Crippen molar-refractivity contribution >= 4 is 34.3 Å². The summed E-state index contributed by atoms with van der Waals surface area (Å²) in [5.74, 6) is 0.253. The molecule has 0 fully saturated rings. The van der Waals surface area contributed by atoms with Gasteiger partial charge in [0.1, 0.15) is 10.8 Å². The van der Waals surface area contributed by atoms with Gasteiger partial charge in [-0.15, -0.1) is 0 Å². The molecule has 0 radical (unpaired) electrons. The molecule has 2 aromatic carbocycles. The van der Waals surface area contributed by atoms with Crippen LogP contribution in [0.5, 0.6) is 0 Å². The Balaban J connectivity index is 1.70. The zero-order chi connectivity index (χ0) is 22.1. The highest BCUT2D eigenvalue weighted by molar-refractivity contribution is 6.33. The van der Waals surface area contributed by atoms with Gasteiger partial charge in [0.05, 0.1) is 47.8 Å². The topological polar surface area (TPSA) is 82.2 Å². The van der Waals surface area contributed by atoms with Gasteiger partial charge in [0.15, 0.2) is 0 Å². The molecule has 0 amide bonds. The van der Waals surface area contributed by atoms with Crippen LogP contribution >= 0.6 is 11.6 Å². The number of carbonyl (C=O) groups excluding carboxylic acids is 1. The molecule has 0 N–H and O–H groups in total. The molecule has 2 heterocycles. The second kappa shape index (κ2) is 8.23. The van der Waals surface area contributed by atoms with Gasteiger partial charge < -0.3 is 14.2 Å². The van der Waals surface area contributed by atoms with Crippen LogP contribution in [0.15, 0.2) is 59.5 Å². The number of rotatable bonds is 5. The quantitative estimate of drug-likeness (QED) is 0.446. The van der Waals surface area contributed by atoms with E-state index in [1.807, 2.05) is 47.8 Å². The van der Waals surface area contributed by atoms with E-state index in [1.54, 1.807) is 24.3 Å². The molecule has 2 aromatic heterocycles. The predicted octanol–water partition coefficient (Wildman–Crippen LogP) is 3.20. The maximum absolute atomic E-state index is 13.0. The van der Waals surface area contributed by atoms with Gasteiger partial charge in [-0.3, -0.25) is 4.79 Å². The Morgan fingerprint density at radius 2 is 1.87 bits per heavy atom. The molecule has 0 aliphatic carbocycles. The first-order valence-corrected chi connectivity index (χ1v) is 9.87. The summed E-state index contributed by atoms with van der Waals surface area (Å²) in [7, 11) is 5.04. The maximum atomic E-state index is 13.0. The Bertz CT molecular complexity index is 1340. The number of methoxy groups -OCH3 is 1. The summed E-state index contributed by atoms with van der Waals surface area (Å²) in [5.41, 5.74) is 2.36. The number of imidazole rings is 1. The van der Waals surface area contributed by atoms with Crippen molar-refractivity contribution in [3.8, 4) is 5.69 Å². The molecular weight excluding hydrogens is 418 g/mol. The fourth-order valence-electron chi connectivity index (χ4n) is 3.44. The van der Waals surface area contributed by atoms with Crippen LogP contribution in [0.3, 0.4) is 0 Å². The maximum Gasteiger partial charge on any atom is 0.340 e. The van der Waals surface area contributed by atoms with Crippen molar-refractivity contribution in [2.24, 2.45) is 7.05 Å². The molecule has 0 spiro atoms. The van der Waals surface area contributed by atoms with Crippen molar-refractivity contribution in [3.63, 3.8) is 0 Å². The summed E-state index contributed by atoms with van der Waals surface area (Å²) < 4.78 is 7.90. The van der Waals surface area contributed by atoms with Gasteiger partial charge in [-0.2, -0.15) is 9.78 Å². The van der Waals surface area contributed by atoms with E-state index in [0.29, 0.717) is 17.9 Å². The summed E-state index contributed by atoms with van der Waals surface area (Å²) in [6.45, 7) is 0.425. The first-order valence-electron chi connectivity index (χ1n) is 9.49. The normalized spacial score (nSPS) is 11.0. The van der Waals surface area contributed by atoms with Crippen molar-refractivity contribution in [1.82, 2.24) is 19.3 Å². The number of aromatic nitrogens is 4. The number of hydrogen-bond acceptors (Lipinski definition) is 6. The van der Waals surface area contributed by atoms with Crippen molar-refractivity contribution < 1.29 is 9.53 Å². The molecule has 9 heteroatoms. The van der Waals surface area contributed by atoms with Crippen LogP contribution in [0.2, 0.25) is 5.02 Å². The number of halogens is 1. The minimum Gasteiger partial charge on any atom is -0.465 e. The lowest BCUT2D eigenvalue weighted by molar-refractivity contribution is 0.0600. The number of carbonyl (C=O) groups is 1. The fraction of sp³-hybridized carbons (Fsp3) is 0.182. The zero-order valence-corrected chi connectivity index (χ0v) is 18.0. The van der Waals surface area contributed by atoms with Crippen LogP contribution in [-0.4, -0.2) is 39.5 Å². The Morgan fingerprint density at radius 3 is 2.61 bits per heavy atom. The van der Waals surface area contributed by atoms with Gasteiger partial charge in [-0.25, -0.2) is 9.78 Å². The summed E-state index contributed by atoms with van der Waals surface area (Å²) >= 11 is 6.44. The fourth-order valence-corrected chi connectivity index (χ4v) is 3.71. The van der Waals surface area contributed by atoms with Gasteiger partial charge in [-0.05, 0) is 24.3 Å². The summed E-state index contributed by atoms with van der Waals surface area (Å²) in [6, 6.07) is 14.4. The first-order chi connectivity index (χ1) is 14.9. The number of aryl methyl sites for hydroxylation is 1. The van der Waals surface area contributed by atoms with Gasteiger partial charge >= 0.3 is 5.97 Å². The predicted molar refractivity (Wildman–Crippen MR) is 119 cm³/mol. The molecule has 31 heavy (non-hydrogen) atoms. The van der Waals surface area contributed by atoms with E-state index in [2.05, 4.69) is 10.1 Å². The highest BCUT2D eigenvalue weighted by atomic mass is 35.5. The van der Waals surface area contributed by atoms with E-state index < -0.39 is 11.5 Å². The van der Waals surface area contributed by atoms with E-state index >= 15 is 0 Å². The molecule has 8 nitrogen and oxygen atoms in total. The van der Waals surface area contributed by atoms with Crippen molar-refractivity contribution in [1.29, 1.82) is 0 Å². The van der Waals surface area contributed by atoms with Crippen LogP contribution in [0.1, 0.15) is 16.2 Å². The number of hydrogen-bond donors (Lipinski definition) is 0. The van der Waals surface area contributed by atoms with Crippen LogP contribution in [0.25, 0.3) is 16.7 Å². The highest BCUT2D eigenvalue weighted by Crippen LogP contribution is 2.24. The molecule has 0 saturated heterocycles. The Kier molecular flexibility index (Phi) is 5.48. The average molecular weight is 438 g/mol. The lowest BCUT2D eigenvalue weighted by Crippen LogP contribution is -2.28. The Hall–Kier alpha value is -3.65. The second-order valence-corrected chi connectivity index (χ2v) is 7.38. The second-order valence-electron chi connectivity index (χ2n) is 7.00. The van der Waals surface area contributed by atoms with Crippen molar-refractivity contribution in [3.05, 3.63) is 81.5 Å². The molecule has 4 rings (SSSR count). The largest absolute Gasteiger partial charge is 0.465 e. The number of anilines is 1. The lowest BCUT2D eigenvalue weighted by atomic mass is 10.2. The Labute approximate surface area is 183 Å². The molecule has 0 saturated carbocycles. The summed E-state index contributed by atoms with van der Waals surface area (Å²) in [6.07, 6.45) is 1.50. The molecule has 0 bridgehead atoms. The summed E-state index contributed by atoms with van der Waals surface area (Å²) in [4.78, 5) is 31.5. The standard InChI is InChI=1S/C22H20ClN5O3/c1-26(13-19-25-15-9-5-7-11-17(15)27(19)2)18-12-24-28(21(29)20(18)23)16-10-6-4-8-14(16)22(30)31-3/h4-12H,13H2,1-3H3. The number of benzene rings is 2. The third kappa shape index (κ3) is 3.66. The third-order valence-electron chi connectivity index (χ3n) is 5.11. The molecule has 0 unspecified atom stereocenters. The number of fused-ring (bicyclic) bond motifs is 1. The van der Waals surface area contributed by atoms with Gasteiger partial charge in [0.2, 0.25) is 0 Å². The SMILES string of the molecule is COC(=O)c1ccccc1-n1ncc(N(C)Cc2nc3ccccc3n2C)c(Cl)c1=O. The number of esters is 1. The van der Waals surface area contributed by atoms with E-state index in [1.165, 1.54) is 13.3 Å². The van der Waals surface area contributed by atoms with E-state index in [0.717, 1.165) is 21.5 Å². The highest BCUT2D eigenvalue weighted by Gasteiger charge is 2.19. The van der Waals surface area contributed by atoms with Gasteiger partial charge in [0.25, 0.3) is 5.56 Å². The van der Waals surface area contributed by atoms with E-state index in [9.17, 15) is 9.59 Å². The summed E-state index contributed by atoms with van der Waals surface area (Å²) in [5, 5.41) is 4.25. The van der Waals surface area contributed by atoms with E-state index in [4.69, 9.17) is 16.3 Å². The average Bonchev–Trinajstić information content (AvgIpc) is 3.10. The molecule has 0 aliphatic rings. The number of nitrogens with zero attached hydrogens (tertiary/aromatic N) is 5. The van der Waals surface area contributed by atoms with E-state index in [-0.39, 0.29) is 10.6 Å². The zero-order valence-electron chi connectivity index (χ0n) is 17.2. The van der Waals surface area contributed by atoms with Crippen LogP contribution < -0.4 is 10.5 Å². The lowest BCUT2D eigenvalue weighted by Gasteiger charge is -2.20. The van der Waals surface area contributed by atoms with Crippen LogP contribution in [-0.2, 0) is 18.3 Å². The third-order valence-corrected chi connectivity index (χ3v) is 5.46. The van der Waals surface area contributed by atoms with Crippen LogP contribution in [0, 0.1) is 0 Å². The van der Waals surface area contributed by atoms with Crippen molar-refractivity contribution in [2.45, 2.75) is 6.54 Å². The minimum absolute atomic E-state index is 0.00377. The Morgan fingerprint density at radius 1 is 1.16 bits per heavy atom. The molecule has 0 atom stereocenters.